The fourth-order valence-corrected chi connectivity index (χ4v) is 2.48. The summed E-state index contributed by atoms with van der Waals surface area (Å²) < 4.78 is 5.29. The van der Waals surface area contributed by atoms with Crippen LogP contribution < -0.4 is 16.0 Å². The second kappa shape index (κ2) is 7.77. The summed E-state index contributed by atoms with van der Waals surface area (Å²) in [6.45, 7) is 3.33. The minimum Gasteiger partial charge on any atom is -0.456 e. The molecule has 0 unspecified atom stereocenters. The molecule has 1 aliphatic heterocycles. The van der Waals surface area contributed by atoms with E-state index < -0.39 is 6.03 Å². The van der Waals surface area contributed by atoms with Gasteiger partial charge in [0.2, 0.25) is 5.91 Å². The van der Waals surface area contributed by atoms with Gasteiger partial charge in [0.15, 0.2) is 5.76 Å². The molecule has 1 aromatic rings. The highest BCUT2D eigenvalue weighted by Crippen LogP contribution is 2.12. The molecule has 2 heterocycles. The number of nitrogens with zero attached hydrogens (tertiary/aromatic N) is 1. The van der Waals surface area contributed by atoms with Gasteiger partial charge in [0.1, 0.15) is 5.76 Å². The Kier molecular flexibility index (Phi) is 5.75. The van der Waals surface area contributed by atoms with Crippen LogP contribution in [-0.4, -0.2) is 55.5 Å². The van der Waals surface area contributed by atoms with Gasteiger partial charge in [-0.15, -0.1) is 0 Å². The molecule has 8 nitrogen and oxygen atoms in total. The topological polar surface area (TPSA) is 104 Å². The van der Waals surface area contributed by atoms with Crippen LogP contribution in [-0.2, 0) is 4.79 Å². The average Bonchev–Trinajstić information content (AvgIpc) is 2.95. The van der Waals surface area contributed by atoms with Crippen LogP contribution >= 0.6 is 0 Å². The summed E-state index contributed by atoms with van der Waals surface area (Å²) in [6.07, 6.45) is 1.50. The molecule has 1 aliphatic rings. The summed E-state index contributed by atoms with van der Waals surface area (Å²) in [5.74, 6) is 0.466. The maximum absolute atomic E-state index is 12.0. The van der Waals surface area contributed by atoms with Crippen molar-refractivity contribution in [3.63, 3.8) is 0 Å². The second-order valence-corrected chi connectivity index (χ2v) is 5.56. The number of hydrogen-bond acceptors (Lipinski definition) is 5. The van der Waals surface area contributed by atoms with Gasteiger partial charge in [0.25, 0.3) is 5.91 Å². The third-order valence-electron chi connectivity index (χ3n) is 3.73. The summed E-state index contributed by atoms with van der Waals surface area (Å²) in [4.78, 5) is 36.7. The molecule has 0 radical (unpaired) electrons. The molecule has 1 saturated heterocycles. The summed E-state index contributed by atoms with van der Waals surface area (Å²) >= 11 is 0. The van der Waals surface area contributed by atoms with E-state index in [2.05, 4.69) is 16.0 Å². The van der Waals surface area contributed by atoms with E-state index in [1.807, 2.05) is 4.90 Å². The first-order chi connectivity index (χ1) is 11.0. The zero-order valence-corrected chi connectivity index (χ0v) is 13.3. The molecule has 8 heteroatoms. The molecule has 1 aromatic heterocycles. The first kappa shape index (κ1) is 17.0. The van der Waals surface area contributed by atoms with Gasteiger partial charge in [-0.1, -0.05) is 0 Å². The molecule has 126 valence electrons. The van der Waals surface area contributed by atoms with Crippen LogP contribution in [0.3, 0.4) is 0 Å². The van der Waals surface area contributed by atoms with E-state index in [4.69, 9.17) is 4.42 Å². The molecule has 3 N–H and O–H groups in total. The Balaban J connectivity index is 1.72. The third kappa shape index (κ3) is 5.10. The first-order valence-electron chi connectivity index (χ1n) is 7.59. The van der Waals surface area contributed by atoms with Crippen LogP contribution in [0, 0.1) is 6.92 Å². The number of amides is 4. The molecule has 0 saturated carbocycles. The van der Waals surface area contributed by atoms with Crippen molar-refractivity contribution in [2.24, 2.45) is 0 Å². The Labute approximate surface area is 134 Å². The highest BCUT2D eigenvalue weighted by molar-refractivity contribution is 5.95. The van der Waals surface area contributed by atoms with Gasteiger partial charge in [-0.3, -0.25) is 19.8 Å². The van der Waals surface area contributed by atoms with Gasteiger partial charge in [-0.25, -0.2) is 4.79 Å². The lowest BCUT2D eigenvalue weighted by molar-refractivity contribution is -0.121. The fourth-order valence-electron chi connectivity index (χ4n) is 2.48. The predicted octanol–water partition coefficient (Wildman–Crippen LogP) is 0.238. The summed E-state index contributed by atoms with van der Waals surface area (Å²) in [7, 11) is 1.46. The van der Waals surface area contributed by atoms with Crippen LogP contribution in [0.1, 0.15) is 29.2 Å². The number of carbonyl (C=O) groups is 3. The molecular weight excluding hydrogens is 300 g/mol. The normalized spacial score (nSPS) is 15.9. The van der Waals surface area contributed by atoms with Crippen molar-refractivity contribution in [3.05, 3.63) is 23.7 Å². The maximum Gasteiger partial charge on any atom is 0.321 e. The first-order valence-corrected chi connectivity index (χ1v) is 7.59. The van der Waals surface area contributed by atoms with E-state index in [-0.39, 0.29) is 24.4 Å². The summed E-state index contributed by atoms with van der Waals surface area (Å²) in [6, 6.07) is 2.96. The standard InChI is InChI=1S/C15H22N4O4/c1-10-3-4-12(23-10)14(21)17-11-5-7-19(8-6-11)9-13(20)18-15(22)16-2/h3-4,11H,5-9H2,1-2H3,(H,17,21)(H2,16,18,20,22). The van der Waals surface area contributed by atoms with Crippen LogP contribution in [0.5, 0.6) is 0 Å². The van der Waals surface area contributed by atoms with E-state index in [0.717, 1.165) is 12.8 Å². The molecule has 1 fully saturated rings. The lowest BCUT2D eigenvalue weighted by Crippen LogP contribution is -2.48. The zero-order valence-electron chi connectivity index (χ0n) is 13.3. The Hall–Kier alpha value is -2.35. The number of imide groups is 1. The van der Waals surface area contributed by atoms with Crippen molar-refractivity contribution in [2.45, 2.75) is 25.8 Å². The van der Waals surface area contributed by atoms with Gasteiger partial charge in [-0.05, 0) is 31.9 Å². The Morgan fingerprint density at radius 3 is 2.52 bits per heavy atom. The monoisotopic (exact) mass is 322 g/mol. The lowest BCUT2D eigenvalue weighted by atomic mass is 10.0. The van der Waals surface area contributed by atoms with Crippen molar-refractivity contribution in [3.8, 4) is 0 Å². The fraction of sp³-hybridized carbons (Fsp3) is 0.533. The van der Waals surface area contributed by atoms with E-state index in [0.29, 0.717) is 24.6 Å². The number of hydrogen-bond donors (Lipinski definition) is 3. The van der Waals surface area contributed by atoms with Crippen molar-refractivity contribution in [1.29, 1.82) is 0 Å². The molecule has 2 rings (SSSR count). The molecule has 0 spiro atoms. The molecule has 0 atom stereocenters. The molecule has 0 aliphatic carbocycles. The third-order valence-corrected chi connectivity index (χ3v) is 3.73. The number of rotatable bonds is 4. The zero-order chi connectivity index (χ0) is 16.8. The van der Waals surface area contributed by atoms with Crippen LogP contribution in [0.4, 0.5) is 4.79 Å². The average molecular weight is 322 g/mol. The molecule has 0 bridgehead atoms. The molecule has 0 aromatic carbocycles. The Morgan fingerprint density at radius 1 is 1.26 bits per heavy atom. The Bertz CT molecular complexity index is 576. The van der Waals surface area contributed by atoms with Crippen LogP contribution in [0.2, 0.25) is 0 Å². The number of urea groups is 1. The minimum absolute atomic E-state index is 0.0613. The predicted molar refractivity (Wildman–Crippen MR) is 83.0 cm³/mol. The van der Waals surface area contributed by atoms with E-state index in [1.165, 1.54) is 7.05 Å². The summed E-state index contributed by atoms with van der Waals surface area (Å²) in [5.41, 5.74) is 0. The van der Waals surface area contributed by atoms with E-state index >= 15 is 0 Å². The van der Waals surface area contributed by atoms with Crippen molar-refractivity contribution < 1.29 is 18.8 Å². The van der Waals surface area contributed by atoms with Crippen LogP contribution in [0.15, 0.2) is 16.5 Å². The number of piperidine rings is 1. The van der Waals surface area contributed by atoms with Gasteiger partial charge in [0, 0.05) is 26.2 Å². The second-order valence-electron chi connectivity index (χ2n) is 5.56. The van der Waals surface area contributed by atoms with Crippen molar-refractivity contribution in [2.75, 3.05) is 26.7 Å². The highest BCUT2D eigenvalue weighted by atomic mass is 16.3. The number of likely N-dealkylation sites (tertiary alicyclic amines) is 1. The molecule has 23 heavy (non-hydrogen) atoms. The number of carbonyl (C=O) groups excluding carboxylic acids is 3. The van der Waals surface area contributed by atoms with Gasteiger partial charge >= 0.3 is 6.03 Å². The van der Waals surface area contributed by atoms with Gasteiger partial charge in [0.05, 0.1) is 6.54 Å². The number of aryl methyl sites for hydroxylation is 1. The Morgan fingerprint density at radius 2 is 1.96 bits per heavy atom. The van der Waals surface area contributed by atoms with E-state index in [1.54, 1.807) is 19.1 Å². The van der Waals surface area contributed by atoms with Gasteiger partial charge in [-0.2, -0.15) is 0 Å². The molecular formula is C15H22N4O4. The maximum atomic E-state index is 12.0. The quantitative estimate of drug-likeness (QED) is 0.736. The smallest absolute Gasteiger partial charge is 0.321 e. The largest absolute Gasteiger partial charge is 0.456 e. The molecule has 4 amide bonds. The minimum atomic E-state index is -0.508. The SMILES string of the molecule is CNC(=O)NC(=O)CN1CCC(NC(=O)c2ccc(C)o2)CC1. The number of nitrogens with one attached hydrogen (secondary N) is 3. The van der Waals surface area contributed by atoms with Crippen molar-refractivity contribution >= 4 is 17.8 Å². The summed E-state index contributed by atoms with van der Waals surface area (Å²) in [5, 5.41) is 7.50. The van der Waals surface area contributed by atoms with Gasteiger partial charge < -0.3 is 15.1 Å². The number of furan rings is 1. The lowest BCUT2D eigenvalue weighted by Gasteiger charge is -2.31. The highest BCUT2D eigenvalue weighted by Gasteiger charge is 2.23. The van der Waals surface area contributed by atoms with Crippen molar-refractivity contribution in [1.82, 2.24) is 20.9 Å². The van der Waals surface area contributed by atoms with Crippen LogP contribution in [0.25, 0.3) is 0 Å². The van der Waals surface area contributed by atoms with E-state index in [9.17, 15) is 14.4 Å².